The molecule has 2 aliphatic heterocycles. The summed E-state index contributed by atoms with van der Waals surface area (Å²) in [6.45, 7) is 6.75. The normalized spacial score (nSPS) is 16.5. The molecule has 13 heteroatoms. The van der Waals surface area contributed by atoms with E-state index in [2.05, 4.69) is 38.2 Å². The van der Waals surface area contributed by atoms with Gasteiger partial charge in [0.25, 0.3) is 0 Å². The molecule has 1 atom stereocenters. The molecule has 5 heterocycles. The zero-order valence-electron chi connectivity index (χ0n) is 28.5. The highest BCUT2D eigenvalue weighted by atomic mass is 16.3. The maximum Gasteiger partial charge on any atom is 0.237 e. The van der Waals surface area contributed by atoms with Crippen molar-refractivity contribution in [2.45, 2.75) is 26.7 Å². The molecule has 3 N–H and O–H groups in total. The Labute approximate surface area is 289 Å². The Balaban J connectivity index is 0.954. The molecule has 1 fully saturated rings. The number of fused-ring (bicyclic) bond motifs is 1. The third-order valence-corrected chi connectivity index (χ3v) is 9.45. The number of benzene rings is 2. The molecule has 0 radical (unpaired) electrons. The lowest BCUT2D eigenvalue weighted by Crippen LogP contribution is -2.42. The highest BCUT2D eigenvalue weighted by Crippen LogP contribution is 2.28. The van der Waals surface area contributed by atoms with Gasteiger partial charge in [0.05, 0.1) is 23.9 Å². The zero-order chi connectivity index (χ0) is 34.9. The van der Waals surface area contributed by atoms with Crippen LogP contribution in [0.4, 0.5) is 11.5 Å². The predicted molar refractivity (Wildman–Crippen MR) is 192 cm³/mol. The van der Waals surface area contributed by atoms with E-state index in [4.69, 9.17) is 20.5 Å². The van der Waals surface area contributed by atoms with Gasteiger partial charge in [0, 0.05) is 51.3 Å². The molecule has 13 nitrogen and oxygen atoms in total. The van der Waals surface area contributed by atoms with Gasteiger partial charge in [-0.1, -0.05) is 30.3 Å². The van der Waals surface area contributed by atoms with E-state index in [-0.39, 0.29) is 30.0 Å². The molecule has 2 aromatic carbocycles. The molecule has 0 spiro atoms. The Hall–Kier alpha value is -5.69. The number of oxazole rings is 1. The van der Waals surface area contributed by atoms with Crippen LogP contribution >= 0.6 is 0 Å². The Morgan fingerprint density at radius 2 is 1.86 bits per heavy atom. The first-order chi connectivity index (χ1) is 24.2. The Kier molecular flexibility index (Phi) is 8.98. The van der Waals surface area contributed by atoms with Crippen molar-refractivity contribution in [1.82, 2.24) is 34.5 Å². The largest absolute Gasteiger partial charge is 0.441 e. The van der Waals surface area contributed by atoms with Gasteiger partial charge in [-0.3, -0.25) is 29.5 Å². The molecule has 5 aromatic rings. The molecule has 50 heavy (non-hydrogen) atoms. The number of carbonyl (C=O) groups excluding carboxylic acids is 2. The first-order valence-corrected chi connectivity index (χ1v) is 16.9. The number of aryl methyl sites for hydroxylation is 2. The third kappa shape index (κ3) is 6.64. The molecule has 7 rings (SSSR count). The van der Waals surface area contributed by atoms with E-state index < -0.39 is 0 Å². The van der Waals surface area contributed by atoms with Crippen molar-refractivity contribution in [2.24, 2.45) is 13.0 Å². The molecule has 0 aliphatic carbocycles. The summed E-state index contributed by atoms with van der Waals surface area (Å²) >= 11 is 0. The topological polar surface area (TPSA) is 163 Å². The van der Waals surface area contributed by atoms with E-state index in [0.29, 0.717) is 84.7 Å². The molecule has 1 saturated heterocycles. The lowest BCUT2D eigenvalue weighted by Gasteiger charge is -2.29. The van der Waals surface area contributed by atoms with Gasteiger partial charge >= 0.3 is 0 Å². The number of pyridine rings is 1. The Bertz CT molecular complexity index is 2120. The van der Waals surface area contributed by atoms with E-state index in [0.717, 1.165) is 17.5 Å². The monoisotopic (exact) mass is 672 g/mol. The first kappa shape index (κ1) is 32.8. The van der Waals surface area contributed by atoms with Crippen LogP contribution in [0.5, 0.6) is 0 Å². The summed E-state index contributed by atoms with van der Waals surface area (Å²) in [6.07, 6.45) is 5.26. The summed E-state index contributed by atoms with van der Waals surface area (Å²) in [6, 6.07) is 17.0. The SMILES string of the molecule is CCN(C(=O)[C@@H]1CCN(CC(=O)N2CC=C(c3ccc(-c4ncn(C)n4)cc3)CC2)C1)c1ccc(N)c(C(=N)c2ccc3oc(C)nc3c2)n1. The number of nitrogen functional groups attached to an aromatic ring is 1. The average Bonchev–Trinajstić information content (AvgIpc) is 3.88. The maximum atomic E-state index is 13.8. The fourth-order valence-corrected chi connectivity index (χ4v) is 6.73. The standard InChI is InChI=1S/C37H40N10O3/c1-4-47(32-12-10-29(38)35(42-32)34(39)27-9-11-31-30(19-27)41-23(2)50-31)37(49)28-13-16-45(20-28)21-33(48)46-17-14-25(15-18-46)24-5-7-26(8-6-24)36-40-22-44(3)43-36/h5-12,14,19,22,28,39H,4,13,15-18,20-21,38H2,1-3H3/t28-/m1/s1. The molecule has 3 aromatic heterocycles. The number of likely N-dealkylation sites (tertiary alicyclic amines) is 1. The van der Waals surface area contributed by atoms with Gasteiger partial charge in [0.1, 0.15) is 23.4 Å². The van der Waals surface area contributed by atoms with Crippen molar-refractivity contribution in [1.29, 1.82) is 5.41 Å². The Morgan fingerprint density at radius 3 is 2.58 bits per heavy atom. The first-order valence-electron chi connectivity index (χ1n) is 16.9. The molecule has 0 saturated carbocycles. The van der Waals surface area contributed by atoms with Crippen molar-refractivity contribution in [3.63, 3.8) is 0 Å². The quantitative estimate of drug-likeness (QED) is 0.217. The Morgan fingerprint density at radius 1 is 1.06 bits per heavy atom. The minimum absolute atomic E-state index is 0.0490. The fraction of sp³-hybridized carbons (Fsp3) is 0.324. The molecular formula is C37H40N10O3. The number of rotatable bonds is 9. The third-order valence-electron chi connectivity index (χ3n) is 9.45. The second-order valence-corrected chi connectivity index (χ2v) is 12.8. The highest BCUT2D eigenvalue weighted by molar-refractivity contribution is 6.13. The summed E-state index contributed by atoms with van der Waals surface area (Å²) in [4.78, 5) is 46.1. The number of nitrogens with two attached hydrogens (primary N) is 1. The van der Waals surface area contributed by atoms with E-state index in [1.807, 2.05) is 31.0 Å². The predicted octanol–water partition coefficient (Wildman–Crippen LogP) is 4.32. The van der Waals surface area contributed by atoms with Crippen molar-refractivity contribution < 1.29 is 14.0 Å². The van der Waals surface area contributed by atoms with Gasteiger partial charge < -0.3 is 15.1 Å². The molecule has 2 amide bonds. The number of amides is 2. The van der Waals surface area contributed by atoms with E-state index in [1.165, 1.54) is 5.57 Å². The van der Waals surface area contributed by atoms with Gasteiger partial charge in [0.2, 0.25) is 11.8 Å². The summed E-state index contributed by atoms with van der Waals surface area (Å²) in [5, 5.41) is 13.2. The number of nitrogens with zero attached hydrogens (tertiary/aromatic N) is 8. The van der Waals surface area contributed by atoms with Crippen LogP contribution in [-0.4, -0.2) is 91.3 Å². The molecule has 0 unspecified atom stereocenters. The number of carbonyl (C=O) groups is 2. The molecule has 2 aliphatic rings. The van der Waals surface area contributed by atoms with Crippen molar-refractivity contribution >= 4 is 45.7 Å². The number of hydrogen-bond donors (Lipinski definition) is 2. The van der Waals surface area contributed by atoms with Crippen LogP contribution in [0.25, 0.3) is 28.1 Å². The van der Waals surface area contributed by atoms with E-state index in [1.54, 1.807) is 53.2 Å². The number of nitrogens with one attached hydrogen (secondary N) is 1. The van der Waals surface area contributed by atoms with Crippen LogP contribution in [0, 0.1) is 18.3 Å². The maximum absolute atomic E-state index is 13.8. The van der Waals surface area contributed by atoms with Crippen LogP contribution in [-0.2, 0) is 16.6 Å². The lowest BCUT2D eigenvalue weighted by atomic mass is 9.98. The highest BCUT2D eigenvalue weighted by Gasteiger charge is 2.34. The number of aromatic nitrogens is 5. The van der Waals surface area contributed by atoms with Crippen LogP contribution in [0.3, 0.4) is 0 Å². The smallest absolute Gasteiger partial charge is 0.237 e. The zero-order valence-corrected chi connectivity index (χ0v) is 28.5. The van der Waals surface area contributed by atoms with Gasteiger partial charge in [-0.05, 0) is 67.8 Å². The van der Waals surface area contributed by atoms with Crippen molar-refractivity contribution in [2.75, 3.05) is 49.9 Å². The van der Waals surface area contributed by atoms with Crippen LogP contribution < -0.4 is 10.6 Å². The minimum Gasteiger partial charge on any atom is -0.441 e. The summed E-state index contributed by atoms with van der Waals surface area (Å²) in [5.74, 6) is 1.44. The fourth-order valence-electron chi connectivity index (χ4n) is 6.73. The van der Waals surface area contributed by atoms with Crippen LogP contribution in [0.2, 0.25) is 0 Å². The second kappa shape index (κ2) is 13.7. The van der Waals surface area contributed by atoms with Crippen LogP contribution in [0.1, 0.15) is 42.5 Å². The van der Waals surface area contributed by atoms with Gasteiger partial charge in [-0.25, -0.2) is 15.0 Å². The van der Waals surface area contributed by atoms with Gasteiger partial charge in [-0.15, -0.1) is 0 Å². The lowest BCUT2D eigenvalue weighted by molar-refractivity contribution is -0.132. The van der Waals surface area contributed by atoms with Crippen LogP contribution in [0.15, 0.2) is 71.4 Å². The summed E-state index contributed by atoms with van der Waals surface area (Å²) in [7, 11) is 1.85. The molecule has 256 valence electrons. The van der Waals surface area contributed by atoms with Crippen molar-refractivity contribution in [3.05, 3.63) is 89.7 Å². The van der Waals surface area contributed by atoms with E-state index in [9.17, 15) is 9.59 Å². The van der Waals surface area contributed by atoms with E-state index >= 15 is 0 Å². The number of anilines is 2. The minimum atomic E-state index is -0.264. The van der Waals surface area contributed by atoms with Gasteiger partial charge in [-0.2, -0.15) is 5.10 Å². The summed E-state index contributed by atoms with van der Waals surface area (Å²) in [5.41, 5.74) is 12.3. The van der Waals surface area contributed by atoms with Gasteiger partial charge in [0.15, 0.2) is 17.3 Å². The second-order valence-electron chi connectivity index (χ2n) is 12.8. The molecule has 0 bridgehead atoms. The number of hydrogen-bond acceptors (Lipinski definition) is 10. The van der Waals surface area contributed by atoms with Crippen molar-refractivity contribution in [3.8, 4) is 11.4 Å². The molecular weight excluding hydrogens is 632 g/mol. The summed E-state index contributed by atoms with van der Waals surface area (Å²) < 4.78 is 7.26. The average molecular weight is 673 g/mol.